The number of imide groups is 1. The second-order valence-corrected chi connectivity index (χ2v) is 8.13. The van der Waals surface area contributed by atoms with E-state index in [2.05, 4.69) is 26.1 Å². The third-order valence-electron chi connectivity index (χ3n) is 5.24. The number of nitrogens with zero attached hydrogens (tertiary/aromatic N) is 1. The summed E-state index contributed by atoms with van der Waals surface area (Å²) in [6, 6.07) is 5.64. The van der Waals surface area contributed by atoms with Crippen LogP contribution in [0.1, 0.15) is 39.2 Å². The van der Waals surface area contributed by atoms with Gasteiger partial charge >= 0.3 is 0 Å². The lowest BCUT2D eigenvalue weighted by Crippen LogP contribution is -2.38. The molecule has 6 heteroatoms. The van der Waals surface area contributed by atoms with Gasteiger partial charge in [0.25, 0.3) is 0 Å². The average Bonchev–Trinajstić information content (AvgIpc) is 2.86. The Morgan fingerprint density at radius 3 is 2.26 bits per heavy atom. The fraction of sp³-hybridized carbons (Fsp3) is 0.476. The van der Waals surface area contributed by atoms with Gasteiger partial charge in [-0.15, -0.1) is 0 Å². The number of methoxy groups -OCH3 is 1. The van der Waals surface area contributed by atoms with E-state index in [-0.39, 0.29) is 35.6 Å². The largest absolute Gasteiger partial charge is 0.495 e. The molecule has 1 aromatic rings. The minimum atomic E-state index is -0.410. The van der Waals surface area contributed by atoms with Gasteiger partial charge in [0.2, 0.25) is 17.7 Å². The molecule has 144 valence electrons. The monoisotopic (exact) mass is 370 g/mol. The molecule has 6 nitrogen and oxygen atoms in total. The van der Waals surface area contributed by atoms with Crippen LogP contribution in [0.25, 0.3) is 0 Å². The van der Waals surface area contributed by atoms with Crippen LogP contribution in [0.2, 0.25) is 0 Å². The molecule has 1 heterocycles. The smallest absolute Gasteiger partial charge is 0.244 e. The number of carbonyl (C=O) groups excluding carboxylic acids is 3. The van der Waals surface area contributed by atoms with Crippen molar-refractivity contribution in [2.75, 3.05) is 19.0 Å². The maximum absolute atomic E-state index is 12.6. The summed E-state index contributed by atoms with van der Waals surface area (Å²) in [5.41, 5.74) is 1.49. The molecule has 2 atom stereocenters. The lowest BCUT2D eigenvalue weighted by atomic mass is 9.85. The number of carbonyl (C=O) groups is 3. The number of anilines is 1. The Bertz CT molecular complexity index is 781. The van der Waals surface area contributed by atoms with E-state index in [0.29, 0.717) is 24.3 Å². The van der Waals surface area contributed by atoms with Crippen LogP contribution in [-0.4, -0.2) is 36.3 Å². The van der Waals surface area contributed by atoms with Crippen molar-refractivity contribution in [2.45, 2.75) is 39.0 Å². The van der Waals surface area contributed by atoms with Gasteiger partial charge in [-0.05, 0) is 36.0 Å². The first kappa shape index (κ1) is 19.1. The zero-order valence-electron chi connectivity index (χ0n) is 16.2. The van der Waals surface area contributed by atoms with Gasteiger partial charge in [0, 0.05) is 0 Å². The Balaban J connectivity index is 1.75. The van der Waals surface area contributed by atoms with Gasteiger partial charge in [-0.2, -0.15) is 0 Å². The van der Waals surface area contributed by atoms with Crippen LogP contribution in [0.3, 0.4) is 0 Å². The molecule has 27 heavy (non-hydrogen) atoms. The van der Waals surface area contributed by atoms with Gasteiger partial charge in [0.15, 0.2) is 0 Å². The summed E-state index contributed by atoms with van der Waals surface area (Å²) in [4.78, 5) is 38.7. The van der Waals surface area contributed by atoms with E-state index in [0.717, 1.165) is 10.5 Å². The molecule has 0 aromatic heterocycles. The number of allylic oxidation sites excluding steroid dienone is 2. The van der Waals surface area contributed by atoms with Crippen molar-refractivity contribution >= 4 is 23.4 Å². The Hall–Kier alpha value is -2.63. The molecule has 0 spiro atoms. The van der Waals surface area contributed by atoms with Crippen LogP contribution in [0.15, 0.2) is 30.4 Å². The van der Waals surface area contributed by atoms with Gasteiger partial charge in [-0.25, -0.2) is 0 Å². The second-order valence-electron chi connectivity index (χ2n) is 8.13. The SMILES string of the molecule is COc1ccc(C(C)(C)C)cc1NC(=O)CN1C(=O)C2CC=CCC2C1=O. The summed E-state index contributed by atoms with van der Waals surface area (Å²) < 4.78 is 5.33. The molecule has 1 aliphatic heterocycles. The summed E-state index contributed by atoms with van der Waals surface area (Å²) in [6.45, 7) is 5.97. The van der Waals surface area contributed by atoms with Crippen molar-refractivity contribution in [3.05, 3.63) is 35.9 Å². The van der Waals surface area contributed by atoms with E-state index in [1.54, 1.807) is 0 Å². The molecule has 3 rings (SSSR count). The lowest BCUT2D eigenvalue weighted by molar-refractivity contribution is -0.142. The fourth-order valence-corrected chi connectivity index (χ4v) is 3.63. The second kappa shape index (κ2) is 7.18. The van der Waals surface area contributed by atoms with Crippen LogP contribution in [0.4, 0.5) is 5.69 Å². The number of nitrogens with one attached hydrogen (secondary N) is 1. The third-order valence-corrected chi connectivity index (χ3v) is 5.24. The maximum Gasteiger partial charge on any atom is 0.244 e. The normalized spacial score (nSPS) is 22.0. The molecule has 0 radical (unpaired) electrons. The van der Waals surface area contributed by atoms with Crippen molar-refractivity contribution in [3.63, 3.8) is 0 Å². The highest BCUT2D eigenvalue weighted by molar-refractivity contribution is 6.09. The van der Waals surface area contributed by atoms with Crippen molar-refractivity contribution in [1.29, 1.82) is 0 Å². The molecule has 0 bridgehead atoms. The predicted molar refractivity (Wildman–Crippen MR) is 102 cm³/mol. The zero-order chi connectivity index (χ0) is 19.8. The quantitative estimate of drug-likeness (QED) is 0.653. The van der Waals surface area contributed by atoms with Crippen LogP contribution in [-0.2, 0) is 19.8 Å². The summed E-state index contributed by atoms with van der Waals surface area (Å²) in [5.74, 6) is -1.02. The number of amides is 3. The molecule has 1 N–H and O–H groups in total. The topological polar surface area (TPSA) is 75.7 Å². The minimum absolute atomic E-state index is 0.0880. The summed E-state index contributed by atoms with van der Waals surface area (Å²) in [7, 11) is 1.53. The maximum atomic E-state index is 12.6. The highest BCUT2D eigenvalue weighted by atomic mass is 16.5. The van der Waals surface area contributed by atoms with E-state index < -0.39 is 5.91 Å². The average molecular weight is 370 g/mol. The van der Waals surface area contributed by atoms with Gasteiger partial charge in [-0.3, -0.25) is 19.3 Å². The Morgan fingerprint density at radius 1 is 1.15 bits per heavy atom. The van der Waals surface area contributed by atoms with Crippen LogP contribution < -0.4 is 10.1 Å². The Labute approximate surface area is 159 Å². The first-order valence-corrected chi connectivity index (χ1v) is 9.21. The van der Waals surface area contributed by atoms with E-state index in [1.165, 1.54) is 7.11 Å². The number of hydrogen-bond donors (Lipinski definition) is 1. The van der Waals surface area contributed by atoms with Crippen molar-refractivity contribution in [2.24, 2.45) is 11.8 Å². The van der Waals surface area contributed by atoms with Crippen LogP contribution in [0, 0.1) is 11.8 Å². The van der Waals surface area contributed by atoms with E-state index in [9.17, 15) is 14.4 Å². The molecule has 1 saturated heterocycles. The molecule has 2 unspecified atom stereocenters. The first-order chi connectivity index (χ1) is 12.7. The predicted octanol–water partition coefficient (Wildman–Crippen LogP) is 2.88. The van der Waals surface area contributed by atoms with Crippen molar-refractivity contribution in [1.82, 2.24) is 4.90 Å². The highest BCUT2D eigenvalue weighted by Crippen LogP contribution is 2.35. The summed E-state index contributed by atoms with van der Waals surface area (Å²) in [5, 5.41) is 2.80. The highest BCUT2D eigenvalue weighted by Gasteiger charge is 2.47. The molecular weight excluding hydrogens is 344 g/mol. The third kappa shape index (κ3) is 3.75. The molecular formula is C21H26N2O4. The standard InChI is InChI=1S/C21H26N2O4/c1-21(2,3)13-9-10-17(27-4)16(11-13)22-18(24)12-23-19(25)14-7-5-6-8-15(14)20(23)26/h5-6,9-11,14-15H,7-8,12H2,1-4H3,(H,22,24). The first-order valence-electron chi connectivity index (χ1n) is 9.21. The van der Waals surface area contributed by atoms with E-state index in [1.807, 2.05) is 30.4 Å². The van der Waals surface area contributed by atoms with E-state index >= 15 is 0 Å². The van der Waals surface area contributed by atoms with Gasteiger partial charge < -0.3 is 10.1 Å². The van der Waals surface area contributed by atoms with Crippen LogP contribution >= 0.6 is 0 Å². The molecule has 1 aliphatic carbocycles. The summed E-state index contributed by atoms with van der Waals surface area (Å²) in [6.07, 6.45) is 4.99. The van der Waals surface area contributed by atoms with Crippen LogP contribution in [0.5, 0.6) is 5.75 Å². The van der Waals surface area contributed by atoms with Gasteiger partial charge in [0.05, 0.1) is 24.6 Å². The lowest BCUT2D eigenvalue weighted by Gasteiger charge is -2.21. The number of likely N-dealkylation sites (tertiary alicyclic amines) is 1. The summed E-state index contributed by atoms with van der Waals surface area (Å²) >= 11 is 0. The van der Waals surface area contributed by atoms with Gasteiger partial charge in [0.1, 0.15) is 12.3 Å². The molecule has 1 fully saturated rings. The number of ether oxygens (including phenoxy) is 1. The van der Waals surface area contributed by atoms with Crippen molar-refractivity contribution < 1.29 is 19.1 Å². The molecule has 3 amide bonds. The Kier molecular flexibility index (Phi) is 5.09. The van der Waals surface area contributed by atoms with E-state index in [4.69, 9.17) is 4.74 Å². The minimum Gasteiger partial charge on any atom is -0.495 e. The number of rotatable bonds is 4. The number of benzene rings is 1. The number of fused-ring (bicyclic) bond motifs is 1. The van der Waals surface area contributed by atoms with Crippen molar-refractivity contribution in [3.8, 4) is 5.75 Å². The molecule has 1 aromatic carbocycles. The Morgan fingerprint density at radius 2 is 1.74 bits per heavy atom. The molecule has 0 saturated carbocycles. The molecule has 2 aliphatic rings. The van der Waals surface area contributed by atoms with Gasteiger partial charge in [-0.1, -0.05) is 39.0 Å². The number of hydrogen-bond acceptors (Lipinski definition) is 4. The fourth-order valence-electron chi connectivity index (χ4n) is 3.63. The zero-order valence-corrected chi connectivity index (χ0v) is 16.2.